The third kappa shape index (κ3) is 3.72. The summed E-state index contributed by atoms with van der Waals surface area (Å²) in [5.41, 5.74) is 6.78. The Bertz CT molecular complexity index is 726. The largest absolute Gasteiger partial charge is 0.398 e. The molecule has 1 aromatic carbocycles. The van der Waals surface area contributed by atoms with Crippen LogP contribution in [0.1, 0.15) is 16.8 Å². The Morgan fingerprint density at radius 2 is 2.14 bits per heavy atom. The van der Waals surface area contributed by atoms with Gasteiger partial charge in [-0.15, -0.1) is 11.3 Å². The predicted molar refractivity (Wildman–Crippen MR) is 85.9 cm³/mol. The molecule has 114 valence electrons. The molecule has 0 radical (unpaired) electrons. The molecule has 2 aromatic rings. The molecular formula is C13H18N4O2S2. The topological polar surface area (TPSA) is 97.1 Å². The summed E-state index contributed by atoms with van der Waals surface area (Å²) in [6.45, 7) is 2.68. The smallest absolute Gasteiger partial charge is 0.242 e. The molecule has 1 aromatic heterocycles. The minimum absolute atomic E-state index is 0.0815. The van der Waals surface area contributed by atoms with Crippen LogP contribution in [0.4, 0.5) is 11.4 Å². The van der Waals surface area contributed by atoms with Crippen molar-refractivity contribution in [1.29, 1.82) is 0 Å². The molecule has 21 heavy (non-hydrogen) atoms. The van der Waals surface area contributed by atoms with Gasteiger partial charge in [-0.3, -0.25) is 0 Å². The van der Waals surface area contributed by atoms with Crippen molar-refractivity contribution in [3.63, 3.8) is 0 Å². The molecule has 2 rings (SSSR count). The first-order valence-corrected chi connectivity index (χ1v) is 8.76. The summed E-state index contributed by atoms with van der Waals surface area (Å²) < 4.78 is 25.7. The van der Waals surface area contributed by atoms with E-state index < -0.39 is 10.0 Å². The molecule has 0 aliphatic carbocycles. The molecule has 0 saturated heterocycles. The van der Waals surface area contributed by atoms with Crippen molar-refractivity contribution in [2.24, 2.45) is 0 Å². The second-order valence-electron chi connectivity index (χ2n) is 4.39. The molecule has 0 unspecified atom stereocenters. The third-order valence-electron chi connectivity index (χ3n) is 2.96. The zero-order valence-corrected chi connectivity index (χ0v) is 13.5. The van der Waals surface area contributed by atoms with Crippen LogP contribution >= 0.6 is 11.3 Å². The summed E-state index contributed by atoms with van der Waals surface area (Å²) in [7, 11) is -2.17. The number of thiazole rings is 1. The lowest BCUT2D eigenvalue weighted by Gasteiger charge is -2.09. The maximum Gasteiger partial charge on any atom is 0.242 e. The van der Waals surface area contributed by atoms with Gasteiger partial charge in [-0.25, -0.2) is 18.1 Å². The minimum Gasteiger partial charge on any atom is -0.398 e. The fraction of sp³-hybridized carbons (Fsp3) is 0.308. The van der Waals surface area contributed by atoms with E-state index in [-0.39, 0.29) is 10.6 Å². The van der Waals surface area contributed by atoms with Crippen LogP contribution in [0, 0.1) is 0 Å². The van der Waals surface area contributed by atoms with E-state index in [1.807, 2.05) is 6.20 Å². The molecule has 4 N–H and O–H groups in total. The molecular weight excluding hydrogens is 308 g/mol. The molecule has 0 atom stereocenters. The van der Waals surface area contributed by atoms with Gasteiger partial charge in [-0.1, -0.05) is 6.92 Å². The zero-order valence-electron chi connectivity index (χ0n) is 11.9. The molecule has 0 bridgehead atoms. The predicted octanol–water partition coefficient (Wildman–Crippen LogP) is 1.81. The van der Waals surface area contributed by atoms with Crippen molar-refractivity contribution in [2.75, 3.05) is 18.1 Å². The van der Waals surface area contributed by atoms with Crippen LogP contribution in [0.25, 0.3) is 0 Å². The van der Waals surface area contributed by atoms with Crippen LogP contribution in [0.15, 0.2) is 29.3 Å². The van der Waals surface area contributed by atoms with Gasteiger partial charge in [0.2, 0.25) is 10.0 Å². The Morgan fingerprint density at radius 1 is 1.38 bits per heavy atom. The number of anilines is 2. The minimum atomic E-state index is -3.53. The van der Waals surface area contributed by atoms with Crippen LogP contribution in [0.2, 0.25) is 0 Å². The third-order valence-corrected chi connectivity index (χ3v) is 5.59. The number of hydrogen-bond donors (Lipinski definition) is 3. The van der Waals surface area contributed by atoms with Gasteiger partial charge in [-0.2, -0.15) is 0 Å². The van der Waals surface area contributed by atoms with Crippen molar-refractivity contribution in [3.05, 3.63) is 34.3 Å². The van der Waals surface area contributed by atoms with Crippen LogP contribution in [-0.2, 0) is 23.0 Å². The number of aryl methyl sites for hydroxylation is 1. The highest BCUT2D eigenvalue weighted by Gasteiger charge is 2.15. The Kier molecular flexibility index (Phi) is 4.81. The van der Waals surface area contributed by atoms with E-state index in [0.29, 0.717) is 6.54 Å². The lowest BCUT2D eigenvalue weighted by Crippen LogP contribution is -2.20. The van der Waals surface area contributed by atoms with Crippen molar-refractivity contribution in [1.82, 2.24) is 9.71 Å². The van der Waals surface area contributed by atoms with Crippen LogP contribution in [-0.4, -0.2) is 20.4 Å². The van der Waals surface area contributed by atoms with Gasteiger partial charge in [0.1, 0.15) is 9.90 Å². The highest BCUT2D eigenvalue weighted by atomic mass is 32.2. The molecule has 0 aliphatic heterocycles. The summed E-state index contributed by atoms with van der Waals surface area (Å²) in [4.78, 5) is 5.63. The number of nitrogens with zero attached hydrogens (tertiary/aromatic N) is 1. The summed E-state index contributed by atoms with van der Waals surface area (Å²) in [5, 5.41) is 4.17. The van der Waals surface area contributed by atoms with E-state index in [1.165, 1.54) is 18.0 Å². The average molecular weight is 326 g/mol. The molecule has 0 saturated carbocycles. The average Bonchev–Trinajstić information content (AvgIpc) is 2.93. The second kappa shape index (κ2) is 6.42. The maximum atomic E-state index is 11.7. The molecule has 0 fully saturated rings. The highest BCUT2D eigenvalue weighted by Crippen LogP contribution is 2.23. The first-order chi connectivity index (χ1) is 9.96. The molecule has 8 heteroatoms. The van der Waals surface area contributed by atoms with Crippen molar-refractivity contribution in [2.45, 2.75) is 24.8 Å². The molecule has 6 nitrogen and oxygen atoms in total. The van der Waals surface area contributed by atoms with Gasteiger partial charge in [0.15, 0.2) is 0 Å². The van der Waals surface area contributed by atoms with Crippen molar-refractivity contribution < 1.29 is 8.42 Å². The Balaban J connectivity index is 2.10. The molecule has 0 spiro atoms. The first kappa shape index (κ1) is 15.7. The number of hydrogen-bond acceptors (Lipinski definition) is 6. The Hall–Kier alpha value is -1.64. The summed E-state index contributed by atoms with van der Waals surface area (Å²) in [5.74, 6) is 0. The standard InChI is InChI=1S/C13H18N4O2S2/c1-3-10-7-17-13(20-10)8-16-9-4-5-12(11(14)6-9)21(18,19)15-2/h4-7,15-16H,3,8,14H2,1-2H3. The number of rotatable bonds is 6. The normalized spacial score (nSPS) is 11.5. The van der Waals surface area contributed by atoms with Crippen molar-refractivity contribution >= 4 is 32.7 Å². The SMILES string of the molecule is CCc1cnc(CNc2ccc(S(=O)(=O)NC)c(N)c2)s1. The molecule has 1 heterocycles. The van der Waals surface area contributed by atoms with E-state index in [9.17, 15) is 8.42 Å². The summed E-state index contributed by atoms with van der Waals surface area (Å²) in [6, 6.07) is 4.79. The lowest BCUT2D eigenvalue weighted by atomic mass is 10.3. The molecule has 0 amide bonds. The van der Waals surface area contributed by atoms with E-state index >= 15 is 0 Å². The fourth-order valence-electron chi connectivity index (χ4n) is 1.78. The van der Waals surface area contributed by atoms with Gasteiger partial charge in [0, 0.05) is 16.8 Å². The second-order valence-corrected chi connectivity index (χ2v) is 7.44. The van der Waals surface area contributed by atoms with Crippen LogP contribution in [0.3, 0.4) is 0 Å². The highest BCUT2D eigenvalue weighted by molar-refractivity contribution is 7.89. The van der Waals surface area contributed by atoms with Gasteiger partial charge in [-0.05, 0) is 31.7 Å². The fourth-order valence-corrected chi connectivity index (χ4v) is 3.42. The Labute approximate surface area is 128 Å². The van der Waals surface area contributed by atoms with E-state index in [2.05, 4.69) is 21.9 Å². The maximum absolute atomic E-state index is 11.7. The van der Waals surface area contributed by atoms with E-state index in [1.54, 1.807) is 23.5 Å². The number of nitrogen functional groups attached to an aromatic ring is 1. The summed E-state index contributed by atoms with van der Waals surface area (Å²) in [6.07, 6.45) is 2.85. The first-order valence-electron chi connectivity index (χ1n) is 6.46. The van der Waals surface area contributed by atoms with Gasteiger partial charge in [0.25, 0.3) is 0 Å². The van der Waals surface area contributed by atoms with Crippen LogP contribution < -0.4 is 15.8 Å². The van der Waals surface area contributed by atoms with Gasteiger partial charge < -0.3 is 11.1 Å². The monoisotopic (exact) mass is 326 g/mol. The zero-order chi connectivity index (χ0) is 15.5. The number of aromatic nitrogens is 1. The lowest BCUT2D eigenvalue weighted by molar-refractivity contribution is 0.588. The van der Waals surface area contributed by atoms with E-state index in [4.69, 9.17) is 5.73 Å². The number of sulfonamides is 1. The molecule has 0 aliphatic rings. The van der Waals surface area contributed by atoms with Crippen LogP contribution in [0.5, 0.6) is 0 Å². The van der Waals surface area contributed by atoms with Gasteiger partial charge >= 0.3 is 0 Å². The Morgan fingerprint density at radius 3 is 2.71 bits per heavy atom. The van der Waals surface area contributed by atoms with Gasteiger partial charge in [0.05, 0.1) is 12.2 Å². The quantitative estimate of drug-likeness (QED) is 0.703. The number of benzene rings is 1. The summed E-state index contributed by atoms with van der Waals surface area (Å²) >= 11 is 1.66. The van der Waals surface area contributed by atoms with Crippen molar-refractivity contribution in [3.8, 4) is 0 Å². The number of nitrogens with one attached hydrogen (secondary N) is 2. The number of nitrogens with two attached hydrogens (primary N) is 1. The van der Waals surface area contributed by atoms with E-state index in [0.717, 1.165) is 17.1 Å².